The monoisotopic (exact) mass is 707 g/mol. The Morgan fingerprint density at radius 2 is 1.84 bits per heavy atom. The summed E-state index contributed by atoms with van der Waals surface area (Å²) in [5, 5.41) is 17.5. The lowest BCUT2D eigenvalue weighted by molar-refractivity contribution is -0.119. The smallest absolute Gasteiger partial charge is 0.237 e. The number of amides is 1. The minimum Gasteiger partial charge on any atom is -0.480 e. The molecular formula is C36H43Cl2N7O4. The second-order valence-electron chi connectivity index (χ2n) is 12.6. The van der Waals surface area contributed by atoms with Crippen LogP contribution in [-0.4, -0.2) is 90.4 Å². The van der Waals surface area contributed by atoms with E-state index in [1.165, 1.54) is 7.11 Å². The number of aromatic nitrogens is 2. The van der Waals surface area contributed by atoms with Crippen LogP contribution in [0.15, 0.2) is 64.2 Å². The van der Waals surface area contributed by atoms with Gasteiger partial charge in [-0.2, -0.15) is 0 Å². The summed E-state index contributed by atoms with van der Waals surface area (Å²) in [5.74, 6) is 0.803. The molecule has 13 heteroatoms. The SMILES string of the molecule is C=N/C(CNC[C@@H]1CCC(=O)N1)=C(\N=C(C)c1cccc(-c2cccc(-c3cnc(CN4CCC(C)(O)CC4)c(OC)n3)c2Cl)c1Cl)OC. The summed E-state index contributed by atoms with van der Waals surface area (Å²) in [5.41, 5.74) is 4.65. The van der Waals surface area contributed by atoms with E-state index >= 15 is 0 Å². The number of aliphatic hydroxyl groups is 1. The summed E-state index contributed by atoms with van der Waals surface area (Å²) < 4.78 is 11.3. The molecule has 1 atom stereocenters. The molecule has 0 spiro atoms. The first-order valence-corrected chi connectivity index (χ1v) is 17.0. The number of nitrogens with zero attached hydrogens (tertiary/aromatic N) is 5. The highest BCUT2D eigenvalue weighted by molar-refractivity contribution is 6.39. The van der Waals surface area contributed by atoms with Crippen LogP contribution >= 0.6 is 23.2 Å². The van der Waals surface area contributed by atoms with Crippen molar-refractivity contribution in [3.05, 3.63) is 75.5 Å². The largest absolute Gasteiger partial charge is 0.480 e. The van der Waals surface area contributed by atoms with Gasteiger partial charge in [0.25, 0.3) is 0 Å². The second kappa shape index (κ2) is 16.2. The quantitative estimate of drug-likeness (QED) is 0.153. The number of ether oxygens (including phenoxy) is 2. The molecule has 5 rings (SSSR count). The summed E-state index contributed by atoms with van der Waals surface area (Å²) in [7, 11) is 3.11. The predicted molar refractivity (Wildman–Crippen MR) is 194 cm³/mol. The van der Waals surface area contributed by atoms with Gasteiger partial charge in [0.05, 0.1) is 47.5 Å². The molecule has 3 aromatic rings. The third-order valence-corrected chi connectivity index (χ3v) is 9.75. The molecule has 0 unspecified atom stereocenters. The van der Waals surface area contributed by atoms with Gasteiger partial charge in [-0.1, -0.05) is 59.6 Å². The van der Waals surface area contributed by atoms with Gasteiger partial charge >= 0.3 is 0 Å². The van der Waals surface area contributed by atoms with E-state index in [1.54, 1.807) is 13.3 Å². The summed E-state index contributed by atoms with van der Waals surface area (Å²) in [6.45, 7) is 10.5. The lowest BCUT2D eigenvalue weighted by Gasteiger charge is -2.35. The Bertz CT molecular complexity index is 1750. The Balaban J connectivity index is 1.38. The van der Waals surface area contributed by atoms with Crippen molar-refractivity contribution >= 4 is 41.5 Å². The van der Waals surface area contributed by atoms with Gasteiger partial charge in [0.2, 0.25) is 17.7 Å². The molecule has 2 aliphatic rings. The molecule has 2 aliphatic heterocycles. The molecule has 2 aromatic carbocycles. The zero-order valence-corrected chi connectivity index (χ0v) is 29.9. The number of likely N-dealkylation sites (tertiary alicyclic amines) is 1. The van der Waals surface area contributed by atoms with Gasteiger partial charge in [-0.3, -0.25) is 19.7 Å². The minimum absolute atomic E-state index is 0.0680. The van der Waals surface area contributed by atoms with E-state index in [9.17, 15) is 9.90 Å². The highest BCUT2D eigenvalue weighted by Gasteiger charge is 2.28. The van der Waals surface area contributed by atoms with Crippen molar-refractivity contribution in [2.75, 3.05) is 40.4 Å². The maximum absolute atomic E-state index is 11.5. The van der Waals surface area contributed by atoms with E-state index in [-0.39, 0.29) is 11.9 Å². The van der Waals surface area contributed by atoms with Gasteiger partial charge in [0, 0.05) is 67.4 Å². The Labute approximate surface area is 297 Å². The fourth-order valence-corrected chi connectivity index (χ4v) is 6.68. The van der Waals surface area contributed by atoms with Crippen LogP contribution in [-0.2, 0) is 16.1 Å². The van der Waals surface area contributed by atoms with E-state index in [4.69, 9.17) is 47.6 Å². The summed E-state index contributed by atoms with van der Waals surface area (Å²) in [6.07, 6.45) is 4.45. The van der Waals surface area contributed by atoms with Crippen molar-refractivity contribution in [2.45, 2.75) is 57.7 Å². The normalized spacial score (nSPS) is 18.6. The number of methoxy groups -OCH3 is 2. The van der Waals surface area contributed by atoms with Crippen LogP contribution in [0.3, 0.4) is 0 Å². The van der Waals surface area contributed by atoms with E-state index in [1.807, 2.05) is 50.2 Å². The topological polar surface area (TPSA) is 134 Å². The van der Waals surface area contributed by atoms with E-state index in [0.29, 0.717) is 88.9 Å². The summed E-state index contributed by atoms with van der Waals surface area (Å²) >= 11 is 14.1. The molecule has 0 bridgehead atoms. The minimum atomic E-state index is -0.628. The number of carbonyl (C=O) groups is 1. The number of halogens is 2. The van der Waals surface area contributed by atoms with E-state index < -0.39 is 5.60 Å². The molecule has 3 heterocycles. The van der Waals surface area contributed by atoms with Crippen molar-refractivity contribution in [3.8, 4) is 28.3 Å². The van der Waals surface area contributed by atoms with Crippen LogP contribution in [0.25, 0.3) is 22.4 Å². The van der Waals surface area contributed by atoms with Crippen molar-refractivity contribution in [1.82, 2.24) is 25.5 Å². The molecular weight excluding hydrogens is 665 g/mol. The number of nitrogens with one attached hydrogen (secondary N) is 2. The zero-order chi connectivity index (χ0) is 35.1. The van der Waals surface area contributed by atoms with E-state index in [0.717, 1.165) is 36.3 Å². The Morgan fingerprint density at radius 3 is 2.49 bits per heavy atom. The third-order valence-electron chi connectivity index (χ3n) is 8.93. The number of benzene rings is 2. The molecule has 2 fully saturated rings. The third kappa shape index (κ3) is 8.84. The highest BCUT2D eigenvalue weighted by atomic mass is 35.5. The molecule has 49 heavy (non-hydrogen) atoms. The molecule has 1 amide bonds. The van der Waals surface area contributed by atoms with Gasteiger partial charge in [0.15, 0.2) is 0 Å². The molecule has 1 aromatic heterocycles. The standard InChI is InChI=1S/C36H43Cl2N7O4/c1-22(42-34(48-4)29(39-3)19-40-18-23-12-13-31(46)43-23)24-8-6-9-25(32(24)37)26-10-7-11-27(33(26)38)28-20-41-30(35(44-28)49-5)21-45-16-14-36(2,47)15-17-45/h6-11,20,23,40,47H,3,12-19,21H2,1-2,4-5H3,(H,43,46)/b34-29+,42-22?/t23-/m0/s1. The number of hydrogen-bond acceptors (Lipinski definition) is 10. The zero-order valence-electron chi connectivity index (χ0n) is 28.4. The maximum atomic E-state index is 11.5. The van der Waals surface area contributed by atoms with Gasteiger partial charge in [-0.15, -0.1) is 0 Å². The van der Waals surface area contributed by atoms with E-state index in [2.05, 4.69) is 27.2 Å². The first kappa shape index (κ1) is 36.4. The lowest BCUT2D eigenvalue weighted by Crippen LogP contribution is -2.42. The number of rotatable bonds is 13. The molecule has 260 valence electrons. The van der Waals surface area contributed by atoms with Crippen LogP contribution < -0.4 is 15.4 Å². The summed E-state index contributed by atoms with van der Waals surface area (Å²) in [4.78, 5) is 32.1. The Morgan fingerprint density at radius 1 is 1.14 bits per heavy atom. The van der Waals surface area contributed by atoms with Crippen LogP contribution in [0.5, 0.6) is 5.88 Å². The maximum Gasteiger partial charge on any atom is 0.237 e. The first-order chi connectivity index (χ1) is 23.5. The van der Waals surface area contributed by atoms with Crippen molar-refractivity contribution in [3.63, 3.8) is 0 Å². The van der Waals surface area contributed by atoms with Gasteiger partial charge < -0.3 is 25.2 Å². The van der Waals surface area contributed by atoms with Crippen LogP contribution in [0.4, 0.5) is 0 Å². The number of carbonyl (C=O) groups excluding carboxylic acids is 1. The lowest BCUT2D eigenvalue weighted by atomic mass is 9.94. The number of piperidine rings is 1. The number of aliphatic imine (C=N–C) groups is 2. The fraction of sp³-hybridized carbons (Fsp3) is 0.417. The Hall–Kier alpha value is -3.87. The molecule has 0 radical (unpaired) electrons. The van der Waals surface area contributed by atoms with Gasteiger partial charge in [0.1, 0.15) is 11.4 Å². The van der Waals surface area contributed by atoms with Crippen LogP contribution in [0.1, 0.15) is 50.8 Å². The van der Waals surface area contributed by atoms with Crippen LogP contribution in [0, 0.1) is 0 Å². The highest BCUT2D eigenvalue weighted by Crippen LogP contribution is 2.40. The molecule has 0 aliphatic carbocycles. The molecule has 3 N–H and O–H groups in total. The average Bonchev–Trinajstić information content (AvgIpc) is 3.51. The number of hydrogen-bond donors (Lipinski definition) is 3. The van der Waals surface area contributed by atoms with Crippen molar-refractivity contribution in [1.29, 1.82) is 0 Å². The molecule has 2 saturated heterocycles. The van der Waals surface area contributed by atoms with Crippen molar-refractivity contribution in [2.24, 2.45) is 9.98 Å². The van der Waals surface area contributed by atoms with Gasteiger partial charge in [-0.25, -0.2) is 9.98 Å². The van der Waals surface area contributed by atoms with Crippen molar-refractivity contribution < 1.29 is 19.4 Å². The summed E-state index contributed by atoms with van der Waals surface area (Å²) in [6, 6.07) is 11.5. The van der Waals surface area contributed by atoms with Crippen LogP contribution in [0.2, 0.25) is 10.0 Å². The van der Waals surface area contributed by atoms with Gasteiger partial charge in [-0.05, 0) is 39.8 Å². The fourth-order valence-electron chi connectivity index (χ4n) is 6.00. The molecule has 0 saturated carbocycles. The Kier molecular flexibility index (Phi) is 12.1. The average molecular weight is 709 g/mol. The second-order valence-corrected chi connectivity index (χ2v) is 13.3. The first-order valence-electron chi connectivity index (χ1n) is 16.3. The predicted octanol–water partition coefficient (Wildman–Crippen LogP) is 5.67. The molecule has 11 nitrogen and oxygen atoms in total.